The highest BCUT2D eigenvalue weighted by Crippen LogP contribution is 2.29. The van der Waals surface area contributed by atoms with E-state index in [9.17, 15) is 22.8 Å². The molecule has 23 heavy (non-hydrogen) atoms. The molecule has 0 saturated carbocycles. The van der Waals surface area contributed by atoms with E-state index in [1.807, 2.05) is 6.07 Å². The summed E-state index contributed by atoms with van der Waals surface area (Å²) in [7, 11) is 0. The van der Waals surface area contributed by atoms with E-state index < -0.39 is 29.6 Å². The van der Waals surface area contributed by atoms with Gasteiger partial charge in [-0.3, -0.25) is 9.59 Å². The van der Waals surface area contributed by atoms with Gasteiger partial charge in [-0.05, 0) is 30.5 Å². The Morgan fingerprint density at radius 2 is 1.87 bits per heavy atom. The smallest absolute Gasteiger partial charge is 0.368 e. The van der Waals surface area contributed by atoms with Gasteiger partial charge in [0.2, 0.25) is 11.8 Å². The molecule has 0 aliphatic heterocycles. The van der Waals surface area contributed by atoms with Gasteiger partial charge in [-0.2, -0.15) is 18.4 Å². The molecule has 0 saturated heterocycles. The zero-order chi connectivity index (χ0) is 17.5. The van der Waals surface area contributed by atoms with Crippen LogP contribution in [0.15, 0.2) is 24.3 Å². The third-order valence-electron chi connectivity index (χ3n) is 3.11. The fraction of sp³-hybridized carbons (Fsp3) is 0.400. The number of nitriles is 1. The van der Waals surface area contributed by atoms with Gasteiger partial charge in [-0.25, -0.2) is 0 Å². The lowest BCUT2D eigenvalue weighted by atomic mass is 10.1. The number of halogens is 3. The van der Waals surface area contributed by atoms with Gasteiger partial charge in [0, 0.05) is 6.42 Å². The molecule has 124 valence electrons. The first kappa shape index (κ1) is 18.5. The zero-order valence-electron chi connectivity index (χ0n) is 12.2. The number of nitrogens with one attached hydrogen (secondary N) is 1. The minimum atomic E-state index is -4.43. The summed E-state index contributed by atoms with van der Waals surface area (Å²) in [5.74, 6) is -1.24. The topological polar surface area (TPSA) is 96.0 Å². The molecular formula is C15H16F3N3O2. The summed E-state index contributed by atoms with van der Waals surface area (Å²) in [5, 5.41) is 10.9. The van der Waals surface area contributed by atoms with Gasteiger partial charge in [-0.15, -0.1) is 0 Å². The SMILES string of the molecule is N#CCCC[C@H](NC(=O)Cc1ccc(C(F)(F)F)cc1)C(N)=O. The maximum Gasteiger partial charge on any atom is 0.416 e. The first-order valence-corrected chi connectivity index (χ1v) is 6.86. The first-order valence-electron chi connectivity index (χ1n) is 6.86. The number of nitrogens with two attached hydrogens (primary N) is 1. The lowest BCUT2D eigenvalue weighted by Crippen LogP contribution is -2.44. The van der Waals surface area contributed by atoms with Crippen LogP contribution in [-0.2, 0) is 22.2 Å². The van der Waals surface area contributed by atoms with Crippen LogP contribution < -0.4 is 11.1 Å². The second-order valence-electron chi connectivity index (χ2n) is 4.94. The summed E-state index contributed by atoms with van der Waals surface area (Å²) in [6, 6.07) is 5.21. The lowest BCUT2D eigenvalue weighted by Gasteiger charge is -2.15. The van der Waals surface area contributed by atoms with E-state index >= 15 is 0 Å². The number of unbranched alkanes of at least 4 members (excludes halogenated alkanes) is 1. The van der Waals surface area contributed by atoms with Crippen LogP contribution in [0.1, 0.15) is 30.4 Å². The molecule has 1 rings (SSSR count). The number of primary amides is 1. The molecule has 0 spiro atoms. The van der Waals surface area contributed by atoms with Crippen molar-refractivity contribution in [3.8, 4) is 6.07 Å². The largest absolute Gasteiger partial charge is 0.416 e. The monoisotopic (exact) mass is 327 g/mol. The van der Waals surface area contributed by atoms with Crippen molar-refractivity contribution in [1.82, 2.24) is 5.32 Å². The van der Waals surface area contributed by atoms with Gasteiger partial charge in [0.15, 0.2) is 0 Å². The molecule has 0 aromatic heterocycles. The minimum absolute atomic E-state index is 0.167. The van der Waals surface area contributed by atoms with E-state index in [4.69, 9.17) is 11.0 Å². The number of alkyl halides is 3. The van der Waals surface area contributed by atoms with E-state index in [0.717, 1.165) is 12.1 Å². The zero-order valence-corrected chi connectivity index (χ0v) is 12.2. The van der Waals surface area contributed by atoms with Gasteiger partial charge < -0.3 is 11.1 Å². The van der Waals surface area contributed by atoms with Crippen molar-refractivity contribution in [2.75, 3.05) is 0 Å². The van der Waals surface area contributed by atoms with Gasteiger partial charge in [0.1, 0.15) is 6.04 Å². The predicted molar refractivity (Wildman–Crippen MR) is 75.7 cm³/mol. The molecule has 0 fully saturated rings. The molecule has 0 unspecified atom stereocenters. The third kappa shape index (κ3) is 6.38. The highest BCUT2D eigenvalue weighted by Gasteiger charge is 2.30. The van der Waals surface area contributed by atoms with Crippen molar-refractivity contribution in [2.24, 2.45) is 5.73 Å². The van der Waals surface area contributed by atoms with Gasteiger partial charge >= 0.3 is 6.18 Å². The third-order valence-corrected chi connectivity index (χ3v) is 3.11. The molecular weight excluding hydrogens is 311 g/mol. The van der Waals surface area contributed by atoms with E-state index in [-0.39, 0.29) is 19.3 Å². The first-order chi connectivity index (χ1) is 10.7. The highest BCUT2D eigenvalue weighted by atomic mass is 19.4. The number of benzene rings is 1. The summed E-state index contributed by atoms with van der Waals surface area (Å²) >= 11 is 0. The van der Waals surface area contributed by atoms with Crippen LogP contribution in [-0.4, -0.2) is 17.9 Å². The maximum atomic E-state index is 12.4. The van der Waals surface area contributed by atoms with Crippen molar-refractivity contribution < 1.29 is 22.8 Å². The molecule has 1 aromatic rings. The van der Waals surface area contributed by atoms with E-state index in [0.29, 0.717) is 12.0 Å². The Kier molecular flexibility index (Phi) is 6.57. The lowest BCUT2D eigenvalue weighted by molar-refractivity contribution is -0.137. The van der Waals surface area contributed by atoms with Gasteiger partial charge in [0.05, 0.1) is 18.1 Å². The Hall–Kier alpha value is -2.56. The van der Waals surface area contributed by atoms with Crippen molar-refractivity contribution in [3.63, 3.8) is 0 Å². The number of hydrogen-bond acceptors (Lipinski definition) is 3. The fourth-order valence-electron chi connectivity index (χ4n) is 1.91. The van der Waals surface area contributed by atoms with Gasteiger partial charge in [0.25, 0.3) is 0 Å². The average molecular weight is 327 g/mol. The summed E-state index contributed by atoms with van der Waals surface area (Å²) in [5.41, 5.74) is 4.75. The number of rotatable bonds is 7. The summed E-state index contributed by atoms with van der Waals surface area (Å²) in [6.07, 6.45) is -3.72. The molecule has 0 aliphatic rings. The molecule has 0 bridgehead atoms. The van der Waals surface area contributed by atoms with Crippen LogP contribution in [0.4, 0.5) is 13.2 Å². The predicted octanol–water partition coefficient (Wildman–Crippen LogP) is 1.91. The fourth-order valence-corrected chi connectivity index (χ4v) is 1.91. The standard InChI is InChI=1S/C15H16F3N3O2/c16-15(17,18)11-6-4-10(5-7-11)9-13(22)21-12(14(20)23)3-1-2-8-19/h4-7,12H,1-3,9H2,(H2,20,23)(H,21,22)/t12-/m0/s1. The molecule has 0 heterocycles. The Labute approximate surface area is 131 Å². The number of amides is 2. The number of nitrogens with zero attached hydrogens (tertiary/aromatic N) is 1. The summed E-state index contributed by atoms with van der Waals surface area (Å²) < 4.78 is 37.3. The van der Waals surface area contributed by atoms with Crippen LogP contribution in [0.2, 0.25) is 0 Å². The second kappa shape index (κ2) is 8.17. The van der Waals surface area contributed by atoms with Crippen molar-refractivity contribution >= 4 is 11.8 Å². The molecule has 0 aliphatic carbocycles. The quantitative estimate of drug-likeness (QED) is 0.749. The normalized spacial score (nSPS) is 12.3. The highest BCUT2D eigenvalue weighted by molar-refractivity contribution is 5.87. The van der Waals surface area contributed by atoms with Crippen LogP contribution >= 0.6 is 0 Å². The maximum absolute atomic E-state index is 12.4. The van der Waals surface area contributed by atoms with Gasteiger partial charge in [-0.1, -0.05) is 12.1 Å². The number of carbonyl (C=O) groups excluding carboxylic acids is 2. The van der Waals surface area contributed by atoms with Crippen LogP contribution in [0.3, 0.4) is 0 Å². The second-order valence-corrected chi connectivity index (χ2v) is 4.94. The van der Waals surface area contributed by atoms with E-state index in [2.05, 4.69) is 5.32 Å². The summed E-state index contributed by atoms with van der Waals surface area (Å²) in [4.78, 5) is 23.1. The van der Waals surface area contributed by atoms with E-state index in [1.54, 1.807) is 0 Å². The van der Waals surface area contributed by atoms with Crippen molar-refractivity contribution in [3.05, 3.63) is 35.4 Å². The Balaban J connectivity index is 2.61. The Morgan fingerprint density at radius 1 is 1.26 bits per heavy atom. The number of carbonyl (C=O) groups is 2. The van der Waals surface area contributed by atoms with Crippen molar-refractivity contribution in [2.45, 2.75) is 37.9 Å². The molecule has 1 atom stereocenters. The van der Waals surface area contributed by atoms with Crippen LogP contribution in [0.25, 0.3) is 0 Å². The molecule has 0 radical (unpaired) electrons. The Morgan fingerprint density at radius 3 is 2.35 bits per heavy atom. The van der Waals surface area contributed by atoms with Crippen LogP contribution in [0.5, 0.6) is 0 Å². The molecule has 5 nitrogen and oxygen atoms in total. The molecule has 3 N–H and O–H groups in total. The molecule has 2 amide bonds. The van der Waals surface area contributed by atoms with Crippen molar-refractivity contribution in [1.29, 1.82) is 5.26 Å². The number of hydrogen-bond donors (Lipinski definition) is 2. The Bertz CT molecular complexity index is 591. The summed E-state index contributed by atoms with van der Waals surface area (Å²) in [6.45, 7) is 0. The van der Waals surface area contributed by atoms with E-state index in [1.165, 1.54) is 12.1 Å². The van der Waals surface area contributed by atoms with Crippen LogP contribution in [0, 0.1) is 11.3 Å². The molecule has 1 aromatic carbocycles. The molecule has 8 heteroatoms. The average Bonchev–Trinajstić information content (AvgIpc) is 2.45. The minimum Gasteiger partial charge on any atom is -0.368 e.